The fraction of sp³-hybridized carbons (Fsp3) is 0.600. The third kappa shape index (κ3) is 9.40. The molecule has 12 heavy (non-hydrogen) atoms. The predicted molar refractivity (Wildman–Crippen MR) is 51.3 cm³/mol. The van der Waals surface area contributed by atoms with Gasteiger partial charge in [0, 0.05) is 13.2 Å². The van der Waals surface area contributed by atoms with Gasteiger partial charge < -0.3 is 9.47 Å². The maximum absolute atomic E-state index is 5.11. The standard InChI is InChI=1S/C10H18O2/c1-3-11-9-7-5-6-8-10-12-4-2/h5-8H,3-4,9-10H2,1-2H3. The zero-order valence-corrected chi connectivity index (χ0v) is 7.95. The first-order valence-corrected chi connectivity index (χ1v) is 4.39. The van der Waals surface area contributed by atoms with Gasteiger partial charge in [-0.25, -0.2) is 0 Å². The molecule has 0 saturated carbocycles. The van der Waals surface area contributed by atoms with Crippen molar-refractivity contribution in [3.63, 3.8) is 0 Å². The van der Waals surface area contributed by atoms with Crippen LogP contribution in [0.2, 0.25) is 0 Å². The number of rotatable bonds is 7. The van der Waals surface area contributed by atoms with Crippen LogP contribution in [0.5, 0.6) is 0 Å². The highest BCUT2D eigenvalue weighted by molar-refractivity contribution is 5.02. The summed E-state index contributed by atoms with van der Waals surface area (Å²) in [5.74, 6) is 0. The van der Waals surface area contributed by atoms with E-state index in [9.17, 15) is 0 Å². The number of hydrogen-bond acceptors (Lipinski definition) is 2. The molecule has 0 heterocycles. The Hall–Kier alpha value is -0.600. The van der Waals surface area contributed by atoms with Crippen molar-refractivity contribution in [2.45, 2.75) is 13.8 Å². The van der Waals surface area contributed by atoms with Crippen molar-refractivity contribution in [3.05, 3.63) is 24.3 Å². The van der Waals surface area contributed by atoms with Crippen LogP contribution < -0.4 is 0 Å². The second-order valence-corrected chi connectivity index (χ2v) is 2.18. The number of hydrogen-bond donors (Lipinski definition) is 0. The summed E-state index contributed by atoms with van der Waals surface area (Å²) in [6.07, 6.45) is 7.89. The SMILES string of the molecule is CCOCC=CC=CCOCC. The normalized spacial score (nSPS) is 11.8. The van der Waals surface area contributed by atoms with Gasteiger partial charge in [-0.05, 0) is 13.8 Å². The molecule has 2 heteroatoms. The molecule has 0 radical (unpaired) electrons. The Balaban J connectivity index is 3.15. The van der Waals surface area contributed by atoms with E-state index in [0.717, 1.165) is 13.2 Å². The van der Waals surface area contributed by atoms with E-state index in [4.69, 9.17) is 9.47 Å². The fourth-order valence-corrected chi connectivity index (χ4v) is 0.640. The summed E-state index contributed by atoms with van der Waals surface area (Å²) >= 11 is 0. The molecular formula is C10H18O2. The van der Waals surface area contributed by atoms with Crippen molar-refractivity contribution in [1.29, 1.82) is 0 Å². The Kier molecular flexibility index (Phi) is 9.88. The summed E-state index contributed by atoms with van der Waals surface area (Å²) in [5, 5.41) is 0. The van der Waals surface area contributed by atoms with E-state index in [1.54, 1.807) is 0 Å². The van der Waals surface area contributed by atoms with Crippen molar-refractivity contribution in [2.24, 2.45) is 0 Å². The molecule has 2 nitrogen and oxygen atoms in total. The molecule has 0 aromatic carbocycles. The van der Waals surface area contributed by atoms with Crippen molar-refractivity contribution in [3.8, 4) is 0 Å². The molecule has 0 unspecified atom stereocenters. The highest BCUT2D eigenvalue weighted by Crippen LogP contribution is 1.81. The Bertz CT molecular complexity index is 112. The molecule has 0 N–H and O–H groups in total. The van der Waals surface area contributed by atoms with Gasteiger partial charge >= 0.3 is 0 Å². The van der Waals surface area contributed by atoms with E-state index >= 15 is 0 Å². The minimum Gasteiger partial charge on any atom is -0.378 e. The Labute approximate surface area is 74.9 Å². The Morgan fingerprint density at radius 3 is 1.58 bits per heavy atom. The molecule has 0 aromatic heterocycles. The predicted octanol–water partition coefficient (Wildman–Crippen LogP) is 2.17. The van der Waals surface area contributed by atoms with Crippen molar-refractivity contribution >= 4 is 0 Å². The summed E-state index contributed by atoms with van der Waals surface area (Å²) in [7, 11) is 0. The van der Waals surface area contributed by atoms with Gasteiger partial charge in [0.15, 0.2) is 0 Å². The molecule has 0 aromatic rings. The lowest BCUT2D eigenvalue weighted by Crippen LogP contribution is -1.88. The molecule has 70 valence electrons. The van der Waals surface area contributed by atoms with Gasteiger partial charge in [0.2, 0.25) is 0 Å². The quantitative estimate of drug-likeness (QED) is 0.430. The van der Waals surface area contributed by atoms with Gasteiger partial charge in [0.05, 0.1) is 13.2 Å². The van der Waals surface area contributed by atoms with Crippen LogP contribution in [0.15, 0.2) is 24.3 Å². The van der Waals surface area contributed by atoms with E-state index in [2.05, 4.69) is 0 Å². The van der Waals surface area contributed by atoms with Crippen LogP contribution >= 0.6 is 0 Å². The van der Waals surface area contributed by atoms with Crippen molar-refractivity contribution < 1.29 is 9.47 Å². The average molecular weight is 170 g/mol. The van der Waals surface area contributed by atoms with Gasteiger partial charge in [0.1, 0.15) is 0 Å². The summed E-state index contributed by atoms with van der Waals surface area (Å²) in [5.41, 5.74) is 0. The monoisotopic (exact) mass is 170 g/mol. The molecule has 0 fully saturated rings. The maximum atomic E-state index is 5.11. The zero-order valence-electron chi connectivity index (χ0n) is 7.95. The van der Waals surface area contributed by atoms with Gasteiger partial charge in [-0.2, -0.15) is 0 Å². The lowest BCUT2D eigenvalue weighted by molar-refractivity contribution is 0.177. The first kappa shape index (κ1) is 11.4. The minimum absolute atomic E-state index is 0.690. The lowest BCUT2D eigenvalue weighted by atomic mass is 10.4. The molecule has 0 aliphatic heterocycles. The summed E-state index contributed by atoms with van der Waals surface area (Å²) in [4.78, 5) is 0. The maximum Gasteiger partial charge on any atom is 0.0650 e. The average Bonchev–Trinajstić information content (AvgIpc) is 2.10. The molecule has 0 atom stereocenters. The topological polar surface area (TPSA) is 18.5 Å². The highest BCUT2D eigenvalue weighted by atomic mass is 16.5. The first-order valence-electron chi connectivity index (χ1n) is 4.39. The summed E-state index contributed by atoms with van der Waals surface area (Å²) in [6.45, 7) is 6.89. The van der Waals surface area contributed by atoms with Crippen molar-refractivity contribution in [2.75, 3.05) is 26.4 Å². The van der Waals surface area contributed by atoms with Crippen LogP contribution in [-0.4, -0.2) is 26.4 Å². The van der Waals surface area contributed by atoms with Crippen LogP contribution in [0.25, 0.3) is 0 Å². The third-order valence-electron chi connectivity index (χ3n) is 1.22. The van der Waals surface area contributed by atoms with Crippen molar-refractivity contribution in [1.82, 2.24) is 0 Å². The second kappa shape index (κ2) is 10.4. The summed E-state index contributed by atoms with van der Waals surface area (Å²) in [6, 6.07) is 0. The van der Waals surface area contributed by atoms with E-state index in [1.807, 2.05) is 38.2 Å². The van der Waals surface area contributed by atoms with E-state index in [1.165, 1.54) is 0 Å². The van der Waals surface area contributed by atoms with Crippen LogP contribution in [0.4, 0.5) is 0 Å². The lowest BCUT2D eigenvalue weighted by Gasteiger charge is -1.92. The highest BCUT2D eigenvalue weighted by Gasteiger charge is 1.74. The Morgan fingerprint density at radius 2 is 1.25 bits per heavy atom. The zero-order chi connectivity index (χ0) is 9.07. The van der Waals surface area contributed by atoms with Gasteiger partial charge in [-0.15, -0.1) is 0 Å². The first-order chi connectivity index (χ1) is 5.91. The molecular weight excluding hydrogens is 152 g/mol. The molecule has 0 amide bonds. The molecule has 0 bridgehead atoms. The van der Waals surface area contributed by atoms with E-state index < -0.39 is 0 Å². The minimum atomic E-state index is 0.690. The van der Waals surface area contributed by atoms with Crippen LogP contribution in [0.1, 0.15) is 13.8 Å². The second-order valence-electron chi connectivity index (χ2n) is 2.18. The van der Waals surface area contributed by atoms with Crippen LogP contribution in [-0.2, 0) is 9.47 Å². The largest absolute Gasteiger partial charge is 0.378 e. The summed E-state index contributed by atoms with van der Waals surface area (Å²) < 4.78 is 10.2. The van der Waals surface area contributed by atoms with Gasteiger partial charge in [-0.3, -0.25) is 0 Å². The Morgan fingerprint density at radius 1 is 0.833 bits per heavy atom. The number of allylic oxidation sites excluding steroid dienone is 2. The fourth-order valence-electron chi connectivity index (χ4n) is 0.640. The molecule has 0 aliphatic carbocycles. The third-order valence-corrected chi connectivity index (χ3v) is 1.22. The van der Waals surface area contributed by atoms with Crippen LogP contribution in [0, 0.1) is 0 Å². The van der Waals surface area contributed by atoms with Gasteiger partial charge in [-0.1, -0.05) is 24.3 Å². The molecule has 0 spiro atoms. The molecule has 0 aliphatic rings. The van der Waals surface area contributed by atoms with E-state index in [-0.39, 0.29) is 0 Å². The van der Waals surface area contributed by atoms with Gasteiger partial charge in [0.25, 0.3) is 0 Å². The van der Waals surface area contributed by atoms with Crippen LogP contribution in [0.3, 0.4) is 0 Å². The smallest absolute Gasteiger partial charge is 0.0650 e. The number of ether oxygens (including phenoxy) is 2. The molecule has 0 rings (SSSR count). The van der Waals surface area contributed by atoms with E-state index in [0.29, 0.717) is 13.2 Å². The molecule has 0 saturated heterocycles.